The van der Waals surface area contributed by atoms with Gasteiger partial charge < -0.3 is 10.5 Å². The highest BCUT2D eigenvalue weighted by Crippen LogP contribution is 2.58. The fourth-order valence-electron chi connectivity index (χ4n) is 6.98. The number of para-hydroxylation sites is 1. The van der Waals surface area contributed by atoms with Crippen molar-refractivity contribution in [1.29, 1.82) is 0 Å². The normalized spacial score (nSPS) is 33.9. The van der Waals surface area contributed by atoms with Gasteiger partial charge in [-0.25, -0.2) is 9.98 Å². The fraction of sp³-hybridized carbons (Fsp3) is 0.357. The Hall–Kier alpha value is -3.78. The van der Waals surface area contributed by atoms with Crippen LogP contribution in [0.25, 0.3) is 0 Å². The van der Waals surface area contributed by atoms with Crippen LogP contribution < -0.4 is 10.5 Å². The van der Waals surface area contributed by atoms with E-state index < -0.39 is 0 Å². The first-order valence-electron chi connectivity index (χ1n) is 12.6. The van der Waals surface area contributed by atoms with Gasteiger partial charge >= 0.3 is 0 Å². The van der Waals surface area contributed by atoms with E-state index in [0.29, 0.717) is 17.9 Å². The summed E-state index contributed by atoms with van der Waals surface area (Å²) in [7, 11) is 0. The van der Waals surface area contributed by atoms with Crippen molar-refractivity contribution in [3.63, 3.8) is 0 Å². The Balaban J connectivity index is 1.14. The lowest BCUT2D eigenvalue weighted by atomic mass is 9.57. The predicted molar refractivity (Wildman–Crippen MR) is 138 cm³/mol. The maximum absolute atomic E-state index is 12.4. The monoisotopic (exact) mass is 480 g/mol. The summed E-state index contributed by atoms with van der Waals surface area (Å²) in [6, 6.07) is 18.8. The van der Waals surface area contributed by atoms with E-state index in [1.807, 2.05) is 54.6 Å². The van der Waals surface area contributed by atoms with E-state index in [9.17, 15) is 4.79 Å². The first-order valence-corrected chi connectivity index (χ1v) is 12.6. The number of nitrogens with zero attached hydrogens (tertiary/aromatic N) is 5. The second-order valence-corrected chi connectivity index (χ2v) is 10.4. The molecule has 0 radical (unpaired) electrons. The van der Waals surface area contributed by atoms with E-state index >= 15 is 0 Å². The van der Waals surface area contributed by atoms with Crippen molar-refractivity contribution in [3.8, 4) is 11.5 Å². The van der Waals surface area contributed by atoms with Crippen LogP contribution in [0.5, 0.6) is 11.5 Å². The smallest absolute Gasteiger partial charge is 0.175 e. The van der Waals surface area contributed by atoms with Crippen molar-refractivity contribution in [3.05, 3.63) is 72.8 Å². The molecule has 6 atom stereocenters. The second kappa shape index (κ2) is 7.86. The average Bonchev–Trinajstić information content (AvgIpc) is 3.26. The van der Waals surface area contributed by atoms with Crippen molar-refractivity contribution in [2.45, 2.75) is 55.5 Å². The molecule has 36 heavy (non-hydrogen) atoms. The van der Waals surface area contributed by atoms with E-state index in [1.54, 1.807) is 6.34 Å². The fourth-order valence-corrected chi connectivity index (χ4v) is 6.98. The molecule has 8 heteroatoms. The predicted octanol–water partition coefficient (Wildman–Crippen LogP) is 3.34. The van der Waals surface area contributed by atoms with Crippen molar-refractivity contribution in [2.24, 2.45) is 26.7 Å². The number of hydrazone groups is 1. The molecule has 5 aliphatic rings. The van der Waals surface area contributed by atoms with Gasteiger partial charge in [0.15, 0.2) is 11.9 Å². The molecule has 5 heterocycles. The Morgan fingerprint density at radius 1 is 1.03 bits per heavy atom. The number of rotatable bonds is 6. The zero-order valence-electron chi connectivity index (χ0n) is 19.9. The molecular weight excluding hydrogens is 452 g/mol. The molecule has 4 unspecified atom stereocenters. The van der Waals surface area contributed by atoms with Gasteiger partial charge in [-0.2, -0.15) is 5.10 Å². The molecule has 3 fully saturated rings. The van der Waals surface area contributed by atoms with Crippen LogP contribution in [0.3, 0.4) is 0 Å². The zero-order chi connectivity index (χ0) is 24.4. The first-order chi connectivity index (χ1) is 17.6. The van der Waals surface area contributed by atoms with Crippen molar-refractivity contribution in [2.75, 3.05) is 0 Å². The van der Waals surface area contributed by atoms with Gasteiger partial charge in [0.1, 0.15) is 29.6 Å². The molecule has 2 aromatic carbocycles. The Kier molecular flexibility index (Phi) is 4.70. The van der Waals surface area contributed by atoms with Gasteiger partial charge in [0, 0.05) is 12.1 Å². The summed E-state index contributed by atoms with van der Waals surface area (Å²) < 4.78 is 5.96. The Morgan fingerprint density at radius 3 is 2.42 bits per heavy atom. The highest BCUT2D eigenvalue weighted by atomic mass is 16.5. The van der Waals surface area contributed by atoms with Gasteiger partial charge in [-0.1, -0.05) is 24.8 Å². The van der Waals surface area contributed by atoms with Crippen molar-refractivity contribution in [1.82, 2.24) is 9.91 Å². The van der Waals surface area contributed by atoms with Crippen LogP contribution in [-0.2, 0) is 4.79 Å². The van der Waals surface area contributed by atoms with Crippen LogP contribution in [0.4, 0.5) is 0 Å². The molecule has 0 aromatic heterocycles. The molecule has 0 saturated carbocycles. The number of ketones is 1. The average molecular weight is 481 g/mol. The van der Waals surface area contributed by atoms with E-state index in [-0.39, 0.29) is 29.4 Å². The molecule has 8 nitrogen and oxygen atoms in total. The second-order valence-electron chi connectivity index (χ2n) is 10.4. The molecule has 3 saturated heterocycles. The molecule has 0 aliphatic carbocycles. The standard InChI is InChI=1S/C28H28N6O2/c1-2-23(35)28-14-19-12-18(13-20(15-28)33(19)28)34-27-24(26(29)30-16-31-27)25(32-34)17-8-10-22(11-9-17)36-21-6-4-3-5-7-21/h2-11,16,18-20,24,27H,1,12-15H2,(H2,29,30,31)/t18?,19-,20+,24?,27?,28?. The van der Waals surface area contributed by atoms with Crippen LogP contribution in [0.1, 0.15) is 31.2 Å². The summed E-state index contributed by atoms with van der Waals surface area (Å²) in [4.78, 5) is 23.9. The van der Waals surface area contributed by atoms with Crippen LogP contribution in [0.15, 0.2) is 82.3 Å². The molecule has 0 bridgehead atoms. The van der Waals surface area contributed by atoms with Gasteiger partial charge in [0.2, 0.25) is 0 Å². The van der Waals surface area contributed by atoms with Crippen molar-refractivity contribution >= 4 is 23.7 Å². The zero-order valence-corrected chi connectivity index (χ0v) is 19.9. The van der Waals surface area contributed by atoms with E-state index in [2.05, 4.69) is 21.5 Å². The maximum Gasteiger partial charge on any atom is 0.175 e. The number of hydrogen-bond acceptors (Lipinski definition) is 8. The molecule has 0 amide bonds. The number of benzene rings is 2. The lowest BCUT2D eigenvalue weighted by molar-refractivity contribution is -0.222. The number of amidine groups is 1. The number of nitrogens with two attached hydrogens (primary N) is 1. The number of carbonyl (C=O) groups excluding carboxylic acids is 1. The summed E-state index contributed by atoms with van der Waals surface area (Å²) in [6.45, 7) is 3.72. The quantitative estimate of drug-likeness (QED) is 0.640. The van der Waals surface area contributed by atoms with Gasteiger partial charge in [-0.15, -0.1) is 0 Å². The summed E-state index contributed by atoms with van der Waals surface area (Å²) in [6.07, 6.45) is 6.65. The van der Waals surface area contributed by atoms with Gasteiger partial charge in [0.05, 0.1) is 17.3 Å². The Morgan fingerprint density at radius 2 is 1.72 bits per heavy atom. The van der Waals surface area contributed by atoms with Gasteiger partial charge in [-0.05, 0) is 73.7 Å². The third-order valence-electron chi connectivity index (χ3n) is 8.49. The van der Waals surface area contributed by atoms with Crippen LogP contribution in [0.2, 0.25) is 0 Å². The minimum atomic E-state index is -0.270. The largest absolute Gasteiger partial charge is 0.457 e. The number of piperidine rings is 2. The molecular formula is C28H28N6O2. The Bertz CT molecular complexity index is 1300. The third-order valence-corrected chi connectivity index (χ3v) is 8.49. The van der Waals surface area contributed by atoms with Crippen molar-refractivity contribution < 1.29 is 9.53 Å². The number of aliphatic imine (C=N–C) groups is 2. The molecule has 0 spiro atoms. The maximum atomic E-state index is 12.4. The SMILES string of the molecule is C=CC(=O)C12C[C@H]3CC(N4N=C(c5ccc(Oc6ccccc6)cc5)C5C(N)=NC=NC54)C[C@@H](C1)N32. The topological polar surface area (TPSA) is 95.9 Å². The first kappa shape index (κ1) is 21.5. The summed E-state index contributed by atoms with van der Waals surface area (Å²) in [5.74, 6) is 2.10. The van der Waals surface area contributed by atoms with Crippen LogP contribution in [0, 0.1) is 5.92 Å². The summed E-state index contributed by atoms with van der Waals surface area (Å²) in [5, 5.41) is 7.29. The van der Waals surface area contributed by atoms with Gasteiger partial charge in [-0.3, -0.25) is 14.7 Å². The molecule has 7 rings (SSSR count). The molecule has 5 aliphatic heterocycles. The summed E-state index contributed by atoms with van der Waals surface area (Å²) in [5.41, 5.74) is 8.02. The lowest BCUT2D eigenvalue weighted by Gasteiger charge is -2.72. The molecule has 182 valence electrons. The van der Waals surface area contributed by atoms with E-state index in [1.165, 1.54) is 6.08 Å². The highest BCUT2D eigenvalue weighted by Gasteiger charge is 2.68. The summed E-state index contributed by atoms with van der Waals surface area (Å²) >= 11 is 0. The highest BCUT2D eigenvalue weighted by molar-refractivity contribution is 6.17. The minimum Gasteiger partial charge on any atom is -0.457 e. The third kappa shape index (κ3) is 3.03. The lowest BCUT2D eigenvalue weighted by Crippen LogP contribution is -2.84. The Labute approximate surface area is 209 Å². The van der Waals surface area contributed by atoms with E-state index in [4.69, 9.17) is 20.6 Å². The number of hydrogen-bond donors (Lipinski definition) is 1. The molecule has 2 aromatic rings. The number of carbonyl (C=O) groups is 1. The van der Waals surface area contributed by atoms with Crippen LogP contribution in [-0.4, -0.2) is 63.4 Å². The number of fused-ring (bicyclic) bond motifs is 1. The molecule has 2 N–H and O–H groups in total. The van der Waals surface area contributed by atoms with E-state index in [0.717, 1.165) is 48.5 Å². The van der Waals surface area contributed by atoms with Gasteiger partial charge in [0.25, 0.3) is 0 Å². The minimum absolute atomic E-state index is 0.176. The van der Waals surface area contributed by atoms with Crippen LogP contribution >= 0.6 is 0 Å². The number of ether oxygens (including phenoxy) is 1.